The number of hydrogen-bond acceptors (Lipinski definition) is 5. The Kier molecular flexibility index (Phi) is 3.83. The van der Waals surface area contributed by atoms with Gasteiger partial charge in [-0.15, -0.1) is 23.7 Å². The molecule has 2 aromatic carbocycles. The van der Waals surface area contributed by atoms with Gasteiger partial charge in [-0.05, 0) is 12.1 Å². The number of pyridine rings is 1. The van der Waals surface area contributed by atoms with Gasteiger partial charge in [-0.2, -0.15) is 0 Å². The second kappa shape index (κ2) is 5.79. The first-order valence-corrected chi connectivity index (χ1v) is 7.45. The molecule has 6 heteroatoms. The van der Waals surface area contributed by atoms with E-state index in [0.717, 1.165) is 32.6 Å². The van der Waals surface area contributed by atoms with Gasteiger partial charge in [-0.3, -0.25) is 0 Å². The number of fused-ring (bicyclic) bond motifs is 2. The van der Waals surface area contributed by atoms with Crippen molar-refractivity contribution in [1.29, 1.82) is 0 Å². The fourth-order valence-electron chi connectivity index (χ4n) is 2.43. The Hall–Kier alpha value is -2.37. The van der Waals surface area contributed by atoms with Crippen LogP contribution in [0, 0.1) is 0 Å². The summed E-state index contributed by atoms with van der Waals surface area (Å²) in [5, 5.41) is 8.16. The van der Waals surface area contributed by atoms with Crippen molar-refractivity contribution in [3.05, 3.63) is 53.9 Å². The molecule has 0 fully saturated rings. The predicted molar refractivity (Wildman–Crippen MR) is 96.3 cm³/mol. The highest BCUT2D eigenvalue weighted by atomic mass is 35.5. The maximum Gasteiger partial charge on any atom is 0.189 e. The normalized spacial score (nSPS) is 10.5. The SMILES string of the molecule is Cl.Nc1csc(Nc2c3ccccc3nc3ccccc23)n1. The van der Waals surface area contributed by atoms with Crippen molar-refractivity contribution in [2.75, 3.05) is 11.1 Å². The van der Waals surface area contributed by atoms with Crippen molar-refractivity contribution >= 4 is 62.2 Å². The van der Waals surface area contributed by atoms with Crippen LogP contribution in [0.3, 0.4) is 0 Å². The van der Waals surface area contributed by atoms with E-state index >= 15 is 0 Å². The third kappa shape index (κ3) is 2.45. The zero-order chi connectivity index (χ0) is 14.2. The number of nitrogen functional groups attached to an aromatic ring is 1. The number of nitrogens with zero attached hydrogens (tertiary/aromatic N) is 2. The molecule has 2 heterocycles. The summed E-state index contributed by atoms with van der Waals surface area (Å²) < 4.78 is 0. The summed E-state index contributed by atoms with van der Waals surface area (Å²) in [4.78, 5) is 8.99. The first-order chi connectivity index (χ1) is 10.3. The van der Waals surface area contributed by atoms with Gasteiger partial charge in [0.25, 0.3) is 0 Å². The number of halogens is 1. The number of aromatic nitrogens is 2. The molecule has 0 radical (unpaired) electrons. The Bertz CT molecular complexity index is 897. The number of anilines is 3. The van der Waals surface area contributed by atoms with Crippen LogP contribution in [0.1, 0.15) is 0 Å². The van der Waals surface area contributed by atoms with Crippen molar-refractivity contribution in [1.82, 2.24) is 9.97 Å². The largest absolute Gasteiger partial charge is 0.383 e. The van der Waals surface area contributed by atoms with Crippen molar-refractivity contribution < 1.29 is 0 Å². The highest BCUT2D eigenvalue weighted by Crippen LogP contribution is 2.33. The number of nitrogens with one attached hydrogen (secondary N) is 1. The third-order valence-corrected chi connectivity index (χ3v) is 4.12. The topological polar surface area (TPSA) is 63.8 Å². The summed E-state index contributed by atoms with van der Waals surface area (Å²) in [6, 6.07) is 16.2. The van der Waals surface area contributed by atoms with E-state index in [0.29, 0.717) is 5.82 Å². The second-order valence-corrected chi connectivity index (χ2v) is 5.58. The molecule has 0 unspecified atom stereocenters. The van der Waals surface area contributed by atoms with Gasteiger partial charge in [0, 0.05) is 16.2 Å². The lowest BCUT2D eigenvalue weighted by atomic mass is 10.1. The van der Waals surface area contributed by atoms with E-state index < -0.39 is 0 Å². The molecule has 4 rings (SSSR count). The van der Waals surface area contributed by atoms with Gasteiger partial charge >= 0.3 is 0 Å². The van der Waals surface area contributed by atoms with Crippen LogP contribution < -0.4 is 11.1 Å². The zero-order valence-corrected chi connectivity index (χ0v) is 13.1. The van der Waals surface area contributed by atoms with Crippen molar-refractivity contribution in [2.45, 2.75) is 0 Å². The zero-order valence-electron chi connectivity index (χ0n) is 11.5. The molecule has 3 N–H and O–H groups in total. The van der Waals surface area contributed by atoms with E-state index in [1.807, 2.05) is 41.8 Å². The van der Waals surface area contributed by atoms with E-state index in [1.165, 1.54) is 11.3 Å². The first-order valence-electron chi connectivity index (χ1n) is 6.57. The molecule has 0 spiro atoms. The maximum atomic E-state index is 5.70. The molecule has 0 aliphatic rings. The number of para-hydroxylation sites is 2. The molecular weight excluding hydrogens is 316 g/mol. The molecule has 4 nitrogen and oxygen atoms in total. The lowest BCUT2D eigenvalue weighted by Crippen LogP contribution is -1.95. The highest BCUT2D eigenvalue weighted by molar-refractivity contribution is 7.14. The van der Waals surface area contributed by atoms with Crippen molar-refractivity contribution in [2.24, 2.45) is 0 Å². The van der Waals surface area contributed by atoms with Gasteiger partial charge in [0.15, 0.2) is 5.13 Å². The summed E-state index contributed by atoms with van der Waals surface area (Å²) >= 11 is 1.49. The van der Waals surface area contributed by atoms with Crippen LogP contribution in [0.15, 0.2) is 53.9 Å². The molecule has 0 atom stereocenters. The maximum absolute atomic E-state index is 5.70. The van der Waals surface area contributed by atoms with E-state index in [9.17, 15) is 0 Å². The smallest absolute Gasteiger partial charge is 0.189 e. The lowest BCUT2D eigenvalue weighted by Gasteiger charge is -2.11. The third-order valence-electron chi connectivity index (χ3n) is 3.34. The Morgan fingerprint density at radius 2 is 1.45 bits per heavy atom. The standard InChI is InChI=1S/C16H12N4S.ClH/c17-14-9-21-16(19-14)20-15-10-5-1-3-7-12(10)18-13-8-4-2-6-11(13)15;/h1-9H,17H2,(H,18,19,20);1H. The van der Waals surface area contributed by atoms with Crippen LogP contribution in [-0.4, -0.2) is 9.97 Å². The Labute approximate surface area is 137 Å². The molecule has 0 amide bonds. The van der Waals surface area contributed by atoms with E-state index in [-0.39, 0.29) is 12.4 Å². The van der Waals surface area contributed by atoms with E-state index in [4.69, 9.17) is 10.7 Å². The summed E-state index contributed by atoms with van der Waals surface area (Å²) in [6.45, 7) is 0. The first kappa shape index (κ1) is 14.6. The van der Waals surface area contributed by atoms with Crippen LogP contribution >= 0.6 is 23.7 Å². The summed E-state index contributed by atoms with van der Waals surface area (Å²) in [5.74, 6) is 0.533. The Morgan fingerprint density at radius 3 is 2.00 bits per heavy atom. The number of thiazole rings is 1. The fourth-order valence-corrected chi connectivity index (χ4v) is 3.03. The quantitative estimate of drug-likeness (QED) is 0.528. The van der Waals surface area contributed by atoms with E-state index in [2.05, 4.69) is 22.4 Å². The summed E-state index contributed by atoms with van der Waals surface area (Å²) in [5.41, 5.74) is 8.65. The number of rotatable bonds is 2. The van der Waals surface area contributed by atoms with Gasteiger partial charge in [-0.25, -0.2) is 9.97 Å². The van der Waals surface area contributed by atoms with Crippen molar-refractivity contribution in [3.63, 3.8) is 0 Å². The molecule has 0 saturated carbocycles. The predicted octanol–water partition coefficient (Wildman–Crippen LogP) is 4.59. The van der Waals surface area contributed by atoms with Gasteiger partial charge in [0.1, 0.15) is 5.82 Å². The molecule has 22 heavy (non-hydrogen) atoms. The van der Waals surface area contributed by atoms with Crippen LogP contribution in [0.4, 0.5) is 16.6 Å². The van der Waals surface area contributed by atoms with Gasteiger partial charge in [-0.1, -0.05) is 36.4 Å². The van der Waals surface area contributed by atoms with Crippen LogP contribution in [0.2, 0.25) is 0 Å². The van der Waals surface area contributed by atoms with Gasteiger partial charge in [0.2, 0.25) is 0 Å². The molecule has 110 valence electrons. The molecule has 0 saturated heterocycles. The average Bonchev–Trinajstić information content (AvgIpc) is 2.92. The minimum atomic E-state index is 0. The second-order valence-electron chi connectivity index (χ2n) is 4.72. The average molecular weight is 329 g/mol. The van der Waals surface area contributed by atoms with E-state index in [1.54, 1.807) is 0 Å². The summed E-state index contributed by atoms with van der Waals surface area (Å²) in [6.07, 6.45) is 0. The van der Waals surface area contributed by atoms with Crippen LogP contribution in [-0.2, 0) is 0 Å². The molecule has 0 aliphatic carbocycles. The number of hydrogen-bond donors (Lipinski definition) is 2. The molecule has 0 bridgehead atoms. The number of nitrogens with two attached hydrogens (primary N) is 1. The van der Waals surface area contributed by atoms with Gasteiger partial charge < -0.3 is 11.1 Å². The molecule has 0 aliphatic heterocycles. The Morgan fingerprint density at radius 1 is 0.864 bits per heavy atom. The lowest BCUT2D eigenvalue weighted by molar-refractivity contribution is 1.40. The highest BCUT2D eigenvalue weighted by Gasteiger charge is 2.10. The minimum Gasteiger partial charge on any atom is -0.383 e. The molecule has 4 aromatic rings. The fraction of sp³-hybridized carbons (Fsp3) is 0. The molecular formula is C16H13ClN4S. The van der Waals surface area contributed by atoms with Crippen LogP contribution in [0.25, 0.3) is 21.8 Å². The monoisotopic (exact) mass is 328 g/mol. The molecule has 2 aromatic heterocycles. The van der Waals surface area contributed by atoms with Crippen LogP contribution in [0.5, 0.6) is 0 Å². The summed E-state index contributed by atoms with van der Waals surface area (Å²) in [7, 11) is 0. The Balaban J connectivity index is 0.00000144. The number of benzene rings is 2. The van der Waals surface area contributed by atoms with Gasteiger partial charge in [0.05, 0.1) is 16.7 Å². The van der Waals surface area contributed by atoms with Crippen molar-refractivity contribution in [3.8, 4) is 0 Å². The minimum absolute atomic E-state index is 0.